The van der Waals surface area contributed by atoms with E-state index in [1.807, 2.05) is 30.3 Å². The highest BCUT2D eigenvalue weighted by molar-refractivity contribution is 6.04. The lowest BCUT2D eigenvalue weighted by molar-refractivity contribution is -0.163. The fourth-order valence-corrected chi connectivity index (χ4v) is 2.86. The van der Waals surface area contributed by atoms with E-state index in [2.05, 4.69) is 12.0 Å². The van der Waals surface area contributed by atoms with E-state index < -0.39 is 29.0 Å². The van der Waals surface area contributed by atoms with E-state index in [4.69, 9.17) is 9.47 Å². The molecule has 1 heterocycles. The van der Waals surface area contributed by atoms with Crippen molar-refractivity contribution in [2.45, 2.75) is 45.8 Å². The Morgan fingerprint density at radius 1 is 1.30 bits per heavy atom. The van der Waals surface area contributed by atoms with Crippen LogP contribution in [0.5, 0.6) is 0 Å². The van der Waals surface area contributed by atoms with Gasteiger partial charge in [-0.15, -0.1) is 6.58 Å². The number of nitrogens with zero attached hydrogens (tertiary/aromatic N) is 1. The van der Waals surface area contributed by atoms with Gasteiger partial charge in [0.2, 0.25) is 0 Å². The average molecular weight is 374 g/mol. The van der Waals surface area contributed by atoms with E-state index in [1.165, 1.54) is 6.08 Å². The predicted octanol–water partition coefficient (Wildman–Crippen LogP) is 2.96. The molecule has 1 aromatic rings. The zero-order valence-electron chi connectivity index (χ0n) is 16.0. The zero-order valence-corrected chi connectivity index (χ0v) is 16.0. The third kappa shape index (κ3) is 5.09. The number of amides is 2. The molecule has 2 rings (SSSR count). The summed E-state index contributed by atoms with van der Waals surface area (Å²) < 4.78 is 10.6. The number of hydrogen-bond acceptors (Lipinski definition) is 5. The van der Waals surface area contributed by atoms with Crippen molar-refractivity contribution in [3.63, 3.8) is 0 Å². The first-order valence-electron chi connectivity index (χ1n) is 8.81. The maximum atomic E-state index is 12.9. The second-order valence-electron chi connectivity index (χ2n) is 7.46. The monoisotopic (exact) mass is 374 g/mol. The van der Waals surface area contributed by atoms with Gasteiger partial charge in [0.05, 0.1) is 0 Å². The van der Waals surface area contributed by atoms with Crippen molar-refractivity contribution in [2.75, 3.05) is 6.54 Å². The van der Waals surface area contributed by atoms with E-state index >= 15 is 0 Å². The summed E-state index contributed by atoms with van der Waals surface area (Å²) in [5, 5.41) is 1.11. The lowest BCUT2D eigenvalue weighted by Crippen LogP contribution is -2.49. The van der Waals surface area contributed by atoms with Gasteiger partial charge in [-0.2, -0.15) is 0 Å². The minimum atomic E-state index is -1.38. The van der Waals surface area contributed by atoms with Crippen LogP contribution in [0, 0.1) is 5.41 Å². The molecule has 0 unspecified atom stereocenters. The quantitative estimate of drug-likeness (QED) is 0.470. The Hall–Kier alpha value is -2.83. The Morgan fingerprint density at radius 2 is 1.96 bits per heavy atom. The molecule has 1 fully saturated rings. The Bertz CT molecular complexity index is 711. The minimum Gasteiger partial charge on any atom is -0.460 e. The highest BCUT2D eigenvalue weighted by Gasteiger charge is 2.53. The molecule has 27 heavy (non-hydrogen) atoms. The van der Waals surface area contributed by atoms with Crippen molar-refractivity contribution >= 4 is 18.0 Å². The minimum absolute atomic E-state index is 0.0747. The van der Waals surface area contributed by atoms with E-state index in [-0.39, 0.29) is 26.0 Å². The molecule has 7 heteroatoms. The second-order valence-corrected chi connectivity index (χ2v) is 7.46. The summed E-state index contributed by atoms with van der Waals surface area (Å²) >= 11 is 0. The Morgan fingerprint density at radius 3 is 2.56 bits per heavy atom. The van der Waals surface area contributed by atoms with Crippen molar-refractivity contribution in [1.29, 1.82) is 0 Å². The number of nitrogens with one attached hydrogen (secondary N) is 1. The number of hydrazine groups is 1. The number of allylic oxidation sites excluding steroid dienone is 1. The van der Waals surface area contributed by atoms with Crippen LogP contribution in [0.25, 0.3) is 0 Å². The molecule has 7 nitrogen and oxygen atoms in total. The number of ether oxygens (including phenoxy) is 2. The lowest BCUT2D eigenvalue weighted by atomic mass is 9.83. The van der Waals surface area contributed by atoms with Crippen LogP contribution in [0.1, 0.15) is 39.2 Å². The maximum absolute atomic E-state index is 12.9. The zero-order chi connectivity index (χ0) is 20.1. The fraction of sp³-hybridized carbons (Fsp3) is 0.450. The summed E-state index contributed by atoms with van der Waals surface area (Å²) in [6, 6.07) is 9.22. The number of carbonyl (C=O) groups is 3. The number of rotatable bonds is 6. The van der Waals surface area contributed by atoms with Crippen LogP contribution in [0.3, 0.4) is 0 Å². The first kappa shape index (κ1) is 20.5. The van der Waals surface area contributed by atoms with Crippen LogP contribution in [0.2, 0.25) is 0 Å². The number of hydrogen-bond donors (Lipinski definition) is 1. The number of carbonyl (C=O) groups excluding carboxylic acids is 3. The molecule has 1 atom stereocenters. The first-order chi connectivity index (χ1) is 12.7. The molecule has 1 aromatic carbocycles. The van der Waals surface area contributed by atoms with Crippen molar-refractivity contribution < 1.29 is 23.9 Å². The average Bonchev–Trinajstić information content (AvgIpc) is 2.90. The molecule has 0 spiro atoms. The van der Waals surface area contributed by atoms with Gasteiger partial charge in [0.1, 0.15) is 12.2 Å². The first-order valence-corrected chi connectivity index (χ1v) is 8.81. The molecule has 0 aliphatic carbocycles. The molecule has 1 aliphatic rings. The van der Waals surface area contributed by atoms with Gasteiger partial charge < -0.3 is 9.47 Å². The van der Waals surface area contributed by atoms with Gasteiger partial charge in [-0.25, -0.2) is 10.2 Å². The Balaban J connectivity index is 2.06. The summed E-state index contributed by atoms with van der Waals surface area (Å²) in [6.45, 7) is 9.08. The standard InChI is InChI=1S/C20H26N2O5/c1-5-11-20(17(24)26-14-15-9-7-6-8-10-15)12-13-22(16(20)23)21-18(25)27-19(2,3)4/h5-10H,1,11-14H2,2-4H3,(H,21,25)/t20-/m0/s1. The summed E-state index contributed by atoms with van der Waals surface area (Å²) in [7, 11) is 0. The Kier molecular flexibility index (Phi) is 6.25. The summed E-state index contributed by atoms with van der Waals surface area (Å²) in [5.74, 6) is -1.14. The predicted molar refractivity (Wildman–Crippen MR) is 99.2 cm³/mol. The van der Waals surface area contributed by atoms with Crippen LogP contribution < -0.4 is 5.43 Å². The van der Waals surface area contributed by atoms with Crippen LogP contribution in [-0.2, 0) is 25.7 Å². The van der Waals surface area contributed by atoms with Gasteiger partial charge >= 0.3 is 12.1 Å². The molecule has 0 radical (unpaired) electrons. The van der Waals surface area contributed by atoms with Gasteiger partial charge in [-0.05, 0) is 39.2 Å². The fourth-order valence-electron chi connectivity index (χ4n) is 2.86. The van der Waals surface area contributed by atoms with E-state index in [9.17, 15) is 14.4 Å². The molecule has 1 saturated heterocycles. The lowest BCUT2D eigenvalue weighted by Gasteiger charge is -2.26. The third-order valence-electron chi connectivity index (χ3n) is 4.14. The van der Waals surface area contributed by atoms with Gasteiger partial charge in [-0.3, -0.25) is 14.6 Å². The Labute approximate surface area is 159 Å². The van der Waals surface area contributed by atoms with Crippen molar-refractivity contribution in [3.8, 4) is 0 Å². The van der Waals surface area contributed by atoms with Crippen molar-refractivity contribution in [2.24, 2.45) is 5.41 Å². The highest BCUT2D eigenvalue weighted by atomic mass is 16.6. The molecule has 0 saturated carbocycles. The van der Waals surface area contributed by atoms with Gasteiger partial charge in [-0.1, -0.05) is 36.4 Å². The number of benzene rings is 1. The molecule has 0 aromatic heterocycles. The van der Waals surface area contributed by atoms with Gasteiger partial charge in [0, 0.05) is 6.54 Å². The van der Waals surface area contributed by atoms with E-state index in [0.717, 1.165) is 10.6 Å². The van der Waals surface area contributed by atoms with Crippen LogP contribution in [0.4, 0.5) is 4.79 Å². The van der Waals surface area contributed by atoms with E-state index in [0.29, 0.717) is 0 Å². The van der Waals surface area contributed by atoms with Crippen LogP contribution in [0.15, 0.2) is 43.0 Å². The molecular weight excluding hydrogens is 348 g/mol. The summed E-state index contributed by atoms with van der Waals surface area (Å²) in [4.78, 5) is 37.6. The molecule has 0 bridgehead atoms. The molecule has 1 aliphatic heterocycles. The smallest absolute Gasteiger partial charge is 0.426 e. The SMILES string of the molecule is C=CC[C@]1(C(=O)OCc2ccccc2)CCN(NC(=O)OC(C)(C)C)C1=O. The normalized spacial score (nSPS) is 19.5. The molecule has 1 N–H and O–H groups in total. The third-order valence-corrected chi connectivity index (χ3v) is 4.14. The molecular formula is C20H26N2O5. The largest absolute Gasteiger partial charge is 0.460 e. The maximum Gasteiger partial charge on any atom is 0.426 e. The molecule has 146 valence electrons. The second kappa shape index (κ2) is 8.24. The highest BCUT2D eigenvalue weighted by Crippen LogP contribution is 2.37. The topological polar surface area (TPSA) is 84.9 Å². The van der Waals surface area contributed by atoms with Crippen molar-refractivity contribution in [1.82, 2.24) is 10.4 Å². The van der Waals surface area contributed by atoms with E-state index in [1.54, 1.807) is 20.8 Å². The summed E-state index contributed by atoms with van der Waals surface area (Å²) in [5.41, 5.74) is 1.16. The van der Waals surface area contributed by atoms with Gasteiger partial charge in [0.25, 0.3) is 5.91 Å². The van der Waals surface area contributed by atoms with Gasteiger partial charge in [0.15, 0.2) is 5.41 Å². The summed E-state index contributed by atoms with van der Waals surface area (Å²) in [6.07, 6.45) is 1.12. The van der Waals surface area contributed by atoms with Crippen LogP contribution in [-0.4, -0.2) is 35.1 Å². The molecule has 2 amide bonds. The van der Waals surface area contributed by atoms with Crippen LogP contribution >= 0.6 is 0 Å². The number of esters is 1. The van der Waals surface area contributed by atoms with Crippen molar-refractivity contribution in [3.05, 3.63) is 48.6 Å².